The van der Waals surface area contributed by atoms with Gasteiger partial charge in [-0.2, -0.15) is 25.9 Å². The molecule has 0 radical (unpaired) electrons. The van der Waals surface area contributed by atoms with E-state index in [9.17, 15) is 27.4 Å². The van der Waals surface area contributed by atoms with E-state index in [4.69, 9.17) is 48.6 Å². The number of hydrogen-bond donors (Lipinski definition) is 9. The second kappa shape index (κ2) is 13.5. The van der Waals surface area contributed by atoms with E-state index in [1.807, 2.05) is 0 Å². The van der Waals surface area contributed by atoms with Gasteiger partial charge in [-0.3, -0.25) is 0 Å². The standard InChI is InChI=1S/Na.H6O18P6.H3O4P.2H2O.H/c;1-19(2)13-20(3,4)15-22(7,8)17-24(11,12)18-23(9,10)16-21(5,6)14-19;1-5(2,3)4;;;/h;(H,1,2)(H,3,4)(H,5,6)(H,7,8)(H,9,10)(H,11,12);(H3,1,2,3,4);2*1H2;. The van der Waals surface area contributed by atoms with E-state index >= 15 is 0 Å². The van der Waals surface area contributed by atoms with E-state index in [1.165, 1.54) is 0 Å². The van der Waals surface area contributed by atoms with Crippen molar-refractivity contribution in [3.05, 3.63) is 0 Å². The Morgan fingerprint density at radius 3 is 0.562 bits per heavy atom. The topological polar surface area (TPSA) is 420 Å². The van der Waals surface area contributed by atoms with Crippen LogP contribution in [0, 0.1) is 0 Å². The van der Waals surface area contributed by atoms with Crippen LogP contribution in [0.3, 0.4) is 0 Å². The molecule has 0 spiro atoms. The van der Waals surface area contributed by atoms with E-state index in [-0.39, 0.29) is 40.5 Å². The molecule has 0 aromatic heterocycles. The van der Waals surface area contributed by atoms with Gasteiger partial charge >= 0.3 is 84.3 Å². The van der Waals surface area contributed by atoms with Gasteiger partial charge in [0.2, 0.25) is 0 Å². The van der Waals surface area contributed by atoms with Crippen LogP contribution in [0.25, 0.3) is 0 Å². The first-order valence-corrected chi connectivity index (χ1v) is 15.8. The predicted molar refractivity (Wildman–Crippen MR) is 94.1 cm³/mol. The summed E-state index contributed by atoms with van der Waals surface area (Å²) in [5, 5.41) is 0. The van der Waals surface area contributed by atoms with Crippen molar-refractivity contribution in [2.75, 3.05) is 0 Å². The molecule has 0 aromatic carbocycles. The van der Waals surface area contributed by atoms with Crippen LogP contribution in [-0.4, -0.2) is 84.6 Å². The molecule has 13 N–H and O–H groups in total. The van der Waals surface area contributed by atoms with Gasteiger partial charge in [0, 0.05) is 0 Å². The zero-order valence-corrected chi connectivity index (χ0v) is 19.7. The van der Waals surface area contributed by atoms with Crippen molar-refractivity contribution in [2.24, 2.45) is 0 Å². The van der Waals surface area contributed by atoms with Gasteiger partial charge in [0.25, 0.3) is 0 Å². The number of hydrogen-bond acceptors (Lipinski definition) is 13. The van der Waals surface area contributed by atoms with Gasteiger partial charge in [0.1, 0.15) is 0 Å². The zero-order valence-electron chi connectivity index (χ0n) is 13.5. The zero-order chi connectivity index (χ0) is 23.7. The Hall–Kier alpha value is 1.93. The van der Waals surface area contributed by atoms with Crippen molar-refractivity contribution in [1.29, 1.82) is 0 Å². The van der Waals surface area contributed by atoms with E-state index in [1.54, 1.807) is 0 Å². The molecular formula is H14NaO24P7. The maximum atomic E-state index is 11.2. The molecule has 1 fully saturated rings. The summed E-state index contributed by atoms with van der Waals surface area (Å²) in [6.45, 7) is 0. The van der Waals surface area contributed by atoms with Crippen LogP contribution in [0.4, 0.5) is 0 Å². The van der Waals surface area contributed by atoms with Gasteiger partial charge in [-0.05, 0) is 0 Å². The van der Waals surface area contributed by atoms with E-state index in [0.29, 0.717) is 0 Å². The van der Waals surface area contributed by atoms with E-state index in [0.717, 1.165) is 0 Å². The fourth-order valence-electron chi connectivity index (χ4n) is 0.872. The second-order valence-corrected chi connectivity index (χ2v) is 14.4. The van der Waals surface area contributed by atoms with Crippen molar-refractivity contribution in [1.82, 2.24) is 0 Å². The Kier molecular flexibility index (Phi) is 17.3. The minimum atomic E-state index is -6.11. The molecule has 0 unspecified atom stereocenters. The predicted octanol–water partition coefficient (Wildman–Crippen LogP) is -2.52. The number of rotatable bonds is 0. The first-order chi connectivity index (χ1) is 12.2. The Morgan fingerprint density at radius 2 is 0.500 bits per heavy atom. The van der Waals surface area contributed by atoms with Gasteiger partial charge < -0.3 is 55.0 Å². The average molecular weight is 638 g/mol. The molecule has 194 valence electrons. The summed E-state index contributed by atoms with van der Waals surface area (Å²) in [6.07, 6.45) is 0. The summed E-state index contributed by atoms with van der Waals surface area (Å²) in [5.41, 5.74) is 0. The Morgan fingerprint density at radius 1 is 0.438 bits per heavy atom. The van der Waals surface area contributed by atoms with Crippen LogP contribution in [0.5, 0.6) is 0 Å². The van der Waals surface area contributed by atoms with Gasteiger partial charge in [-0.25, -0.2) is 32.0 Å². The van der Waals surface area contributed by atoms with Gasteiger partial charge in [0.15, 0.2) is 0 Å². The van der Waals surface area contributed by atoms with Crippen LogP contribution in [-0.2, 0) is 57.8 Å². The molecular weight excluding hydrogens is 624 g/mol. The first kappa shape index (κ1) is 41.1. The van der Waals surface area contributed by atoms with Gasteiger partial charge in [-0.1, -0.05) is 0 Å². The minimum absolute atomic E-state index is 0. The monoisotopic (exact) mass is 638 g/mol. The summed E-state index contributed by atoms with van der Waals surface area (Å²) >= 11 is 0. The van der Waals surface area contributed by atoms with Crippen LogP contribution in [0.1, 0.15) is 0 Å². The Bertz CT molecular complexity index is 717. The summed E-state index contributed by atoms with van der Waals surface area (Å²) in [4.78, 5) is 75.1. The molecule has 1 aliphatic rings. The first-order valence-electron chi connectivity index (χ1n) is 5.27. The van der Waals surface area contributed by atoms with Crippen LogP contribution in [0.15, 0.2) is 0 Å². The second-order valence-electron chi connectivity index (χ2n) is 3.81. The maximum absolute atomic E-state index is 11.2. The molecule has 1 rings (SSSR count). The van der Waals surface area contributed by atoms with Crippen LogP contribution >= 0.6 is 54.8 Å². The third-order valence-corrected chi connectivity index (χ3v) is 11.1. The van der Waals surface area contributed by atoms with Crippen molar-refractivity contribution in [3.63, 3.8) is 0 Å². The normalized spacial score (nSPS) is 43.3. The molecule has 1 saturated heterocycles. The fraction of sp³-hybridized carbons (Fsp3) is 0. The molecule has 1 aliphatic heterocycles. The SMILES string of the molecule is O.O.O=P(O)(O)O.O=P1(O)OP(=O)(O)OP(=O)(O)OP(=O)(O)OP(=O)(O)OP(=O)(O)O1.[NaH]. The van der Waals surface area contributed by atoms with Gasteiger partial charge in [-0.15, -0.1) is 0 Å². The van der Waals surface area contributed by atoms with E-state index < -0.39 is 54.8 Å². The Labute approximate surface area is 196 Å². The van der Waals surface area contributed by atoms with Crippen LogP contribution in [0.2, 0.25) is 0 Å². The average Bonchev–Trinajstić information content (AvgIpc) is 2.10. The molecule has 24 nitrogen and oxygen atoms in total. The summed E-state index contributed by atoms with van der Waals surface area (Å²) in [5.74, 6) is 0. The Balaban J connectivity index is -0.000000441. The third kappa shape index (κ3) is 21.2. The van der Waals surface area contributed by atoms with Crippen LogP contribution < -0.4 is 0 Å². The molecule has 0 bridgehead atoms. The molecule has 1 heterocycles. The third-order valence-electron chi connectivity index (χ3n) is 1.24. The summed E-state index contributed by atoms with van der Waals surface area (Å²) < 4.78 is 95.8. The molecule has 0 amide bonds. The molecule has 32 heteroatoms. The van der Waals surface area contributed by atoms with Crippen molar-refractivity contribution in [3.8, 4) is 0 Å². The van der Waals surface area contributed by atoms with Crippen molar-refractivity contribution >= 4 is 84.3 Å². The van der Waals surface area contributed by atoms with E-state index in [2.05, 4.69) is 25.9 Å². The van der Waals surface area contributed by atoms with Gasteiger partial charge in [0.05, 0.1) is 0 Å². The molecule has 0 atom stereocenters. The van der Waals surface area contributed by atoms with Crippen molar-refractivity contribution < 1.29 is 113 Å². The molecule has 0 aromatic rings. The quantitative estimate of drug-likeness (QED) is 0.0975. The molecule has 0 saturated carbocycles. The fourth-order valence-corrected chi connectivity index (χ4v) is 9.46. The van der Waals surface area contributed by atoms with Crippen molar-refractivity contribution in [2.45, 2.75) is 0 Å². The summed E-state index contributed by atoms with van der Waals surface area (Å²) in [6, 6.07) is 0. The molecule has 0 aliphatic carbocycles. The molecule has 32 heavy (non-hydrogen) atoms. The number of phosphoric acid groups is 7. The summed E-state index contributed by atoms with van der Waals surface area (Å²) in [7, 11) is -41.3.